The number of hydrogen-bond acceptors (Lipinski definition) is 6. The van der Waals surface area contributed by atoms with Crippen molar-refractivity contribution in [2.75, 3.05) is 7.11 Å². The molecule has 0 saturated carbocycles. The van der Waals surface area contributed by atoms with Gasteiger partial charge in [0.1, 0.15) is 0 Å². The molecule has 32 heavy (non-hydrogen) atoms. The fraction of sp³-hybridized carbons (Fsp3) is 0.0417. The minimum Gasteiger partial charge on any atom is -0.493 e. The molecule has 3 aromatic rings. The summed E-state index contributed by atoms with van der Waals surface area (Å²) in [6, 6.07) is 18.1. The lowest BCUT2D eigenvalue weighted by molar-refractivity contribution is -0.129. The van der Waals surface area contributed by atoms with Gasteiger partial charge < -0.3 is 14.2 Å². The van der Waals surface area contributed by atoms with Crippen molar-refractivity contribution in [1.29, 1.82) is 0 Å². The summed E-state index contributed by atoms with van der Waals surface area (Å²) in [7, 11) is 1.45. The number of carbonyl (C=O) groups excluding carboxylic acids is 2. The molecule has 0 fully saturated rings. The molecule has 4 rings (SSSR count). The molecule has 0 aromatic heterocycles. The van der Waals surface area contributed by atoms with Gasteiger partial charge in [0.2, 0.25) is 5.90 Å². The Labute approximate surface area is 193 Å². The van der Waals surface area contributed by atoms with Crippen LogP contribution in [0.5, 0.6) is 11.5 Å². The van der Waals surface area contributed by atoms with Gasteiger partial charge in [-0.15, -0.1) is 0 Å². The Bertz CT molecular complexity index is 1270. The lowest BCUT2D eigenvalue weighted by Gasteiger charge is -2.10. The van der Waals surface area contributed by atoms with Crippen molar-refractivity contribution in [1.82, 2.24) is 0 Å². The number of hydrogen-bond donors (Lipinski definition) is 0. The summed E-state index contributed by atoms with van der Waals surface area (Å²) in [4.78, 5) is 28.9. The predicted molar refractivity (Wildman–Crippen MR) is 121 cm³/mol. The zero-order valence-electron chi connectivity index (χ0n) is 16.7. The summed E-state index contributed by atoms with van der Waals surface area (Å²) < 4.78 is 16.0. The van der Waals surface area contributed by atoms with Crippen LogP contribution in [0.2, 0.25) is 10.0 Å². The normalized spacial score (nSPS) is 14.2. The van der Waals surface area contributed by atoms with Gasteiger partial charge in [-0.2, -0.15) is 0 Å². The highest BCUT2D eigenvalue weighted by atomic mass is 35.5. The monoisotopic (exact) mass is 467 g/mol. The summed E-state index contributed by atoms with van der Waals surface area (Å²) in [6.07, 6.45) is 1.54. The van der Waals surface area contributed by atoms with Crippen LogP contribution in [0, 0.1) is 0 Å². The summed E-state index contributed by atoms with van der Waals surface area (Å²) in [5, 5.41) is 0.941. The largest absolute Gasteiger partial charge is 0.493 e. The Balaban J connectivity index is 1.58. The summed E-state index contributed by atoms with van der Waals surface area (Å²) in [6.45, 7) is 0. The quantitative estimate of drug-likeness (QED) is 0.278. The van der Waals surface area contributed by atoms with Crippen LogP contribution in [0.15, 0.2) is 77.4 Å². The van der Waals surface area contributed by atoms with Gasteiger partial charge in [0.15, 0.2) is 17.2 Å². The van der Waals surface area contributed by atoms with Crippen LogP contribution in [-0.4, -0.2) is 24.9 Å². The molecule has 0 radical (unpaired) electrons. The highest BCUT2D eigenvalue weighted by Crippen LogP contribution is 2.31. The van der Waals surface area contributed by atoms with Gasteiger partial charge in [-0.25, -0.2) is 14.6 Å². The maximum absolute atomic E-state index is 12.4. The van der Waals surface area contributed by atoms with E-state index in [2.05, 4.69) is 4.99 Å². The predicted octanol–water partition coefficient (Wildman–Crippen LogP) is 5.57. The third kappa shape index (κ3) is 4.66. The van der Waals surface area contributed by atoms with E-state index in [-0.39, 0.29) is 17.3 Å². The van der Waals surface area contributed by atoms with E-state index in [1.807, 2.05) is 0 Å². The first-order valence-corrected chi connectivity index (χ1v) is 10.1. The molecule has 0 aliphatic carbocycles. The van der Waals surface area contributed by atoms with Crippen LogP contribution in [0.25, 0.3) is 6.08 Å². The highest BCUT2D eigenvalue weighted by molar-refractivity contribution is 6.34. The number of methoxy groups -OCH3 is 1. The average molecular weight is 468 g/mol. The first-order valence-electron chi connectivity index (χ1n) is 9.38. The van der Waals surface area contributed by atoms with Crippen LogP contribution < -0.4 is 9.47 Å². The van der Waals surface area contributed by atoms with Gasteiger partial charge in [-0.3, -0.25) is 0 Å². The van der Waals surface area contributed by atoms with E-state index in [0.29, 0.717) is 32.5 Å². The van der Waals surface area contributed by atoms with Crippen molar-refractivity contribution in [3.63, 3.8) is 0 Å². The second kappa shape index (κ2) is 9.26. The topological polar surface area (TPSA) is 74.2 Å². The maximum Gasteiger partial charge on any atom is 0.363 e. The molecule has 1 aliphatic rings. The Morgan fingerprint density at radius 1 is 1.00 bits per heavy atom. The van der Waals surface area contributed by atoms with Gasteiger partial charge in [0.05, 0.1) is 23.3 Å². The van der Waals surface area contributed by atoms with Crippen LogP contribution in [0.3, 0.4) is 0 Å². The first-order chi connectivity index (χ1) is 15.4. The number of cyclic esters (lactones) is 1. The summed E-state index contributed by atoms with van der Waals surface area (Å²) in [5.41, 5.74) is 1.57. The third-order valence-electron chi connectivity index (χ3n) is 4.50. The molecule has 0 saturated heterocycles. The maximum atomic E-state index is 12.4. The molecule has 1 heterocycles. The van der Waals surface area contributed by atoms with Crippen molar-refractivity contribution >= 4 is 47.1 Å². The van der Waals surface area contributed by atoms with E-state index in [0.717, 1.165) is 0 Å². The number of carbonyl (C=O) groups is 2. The van der Waals surface area contributed by atoms with Crippen molar-refractivity contribution < 1.29 is 23.8 Å². The average Bonchev–Trinajstić information content (AvgIpc) is 3.15. The highest BCUT2D eigenvalue weighted by Gasteiger charge is 2.25. The molecule has 8 heteroatoms. The standard InChI is InChI=1S/C24H15Cl2NO5/c1-30-21-13-14(6-11-20(21)31-23(28)15-7-9-16(25)10-8-15)12-19-24(29)32-22(27-19)17-4-2-3-5-18(17)26/h2-13H,1H3/b19-12-. The molecule has 3 aromatic carbocycles. The van der Waals surface area contributed by atoms with Crippen LogP contribution in [0.1, 0.15) is 21.5 Å². The van der Waals surface area contributed by atoms with E-state index in [1.54, 1.807) is 72.8 Å². The number of aliphatic imine (C=N–C) groups is 1. The molecular formula is C24H15Cl2NO5. The van der Waals surface area contributed by atoms with Gasteiger partial charge in [0, 0.05) is 5.02 Å². The molecule has 0 unspecified atom stereocenters. The van der Waals surface area contributed by atoms with E-state index in [1.165, 1.54) is 7.11 Å². The zero-order chi connectivity index (χ0) is 22.7. The molecule has 1 aliphatic heterocycles. The molecule has 0 atom stereocenters. The minimum absolute atomic E-state index is 0.105. The Kier molecular flexibility index (Phi) is 6.25. The Hall–Kier alpha value is -3.61. The second-order valence-electron chi connectivity index (χ2n) is 6.62. The lowest BCUT2D eigenvalue weighted by atomic mass is 10.1. The number of nitrogens with zero attached hydrogens (tertiary/aromatic N) is 1. The molecule has 0 amide bonds. The number of rotatable bonds is 5. The number of ether oxygens (including phenoxy) is 3. The summed E-state index contributed by atoms with van der Waals surface area (Å²) in [5.74, 6) is -0.490. The molecule has 0 bridgehead atoms. The molecule has 6 nitrogen and oxygen atoms in total. The number of halogens is 2. The van der Waals surface area contributed by atoms with Gasteiger partial charge in [0.25, 0.3) is 0 Å². The molecular weight excluding hydrogens is 453 g/mol. The zero-order valence-corrected chi connectivity index (χ0v) is 18.2. The summed E-state index contributed by atoms with van der Waals surface area (Å²) >= 11 is 12.0. The lowest BCUT2D eigenvalue weighted by Crippen LogP contribution is -2.09. The minimum atomic E-state index is -0.600. The van der Waals surface area contributed by atoms with Gasteiger partial charge in [-0.1, -0.05) is 41.4 Å². The number of benzene rings is 3. The molecule has 0 spiro atoms. The first kappa shape index (κ1) is 21.6. The van der Waals surface area contributed by atoms with Crippen LogP contribution >= 0.6 is 23.2 Å². The third-order valence-corrected chi connectivity index (χ3v) is 5.08. The fourth-order valence-electron chi connectivity index (χ4n) is 2.92. The SMILES string of the molecule is COc1cc(/C=C2\N=C(c3ccccc3Cl)OC2=O)ccc1OC(=O)c1ccc(Cl)cc1. The Morgan fingerprint density at radius 2 is 1.75 bits per heavy atom. The van der Waals surface area contributed by atoms with Gasteiger partial charge >= 0.3 is 11.9 Å². The van der Waals surface area contributed by atoms with Crippen LogP contribution in [0.4, 0.5) is 0 Å². The molecule has 160 valence electrons. The Morgan fingerprint density at radius 3 is 2.47 bits per heavy atom. The number of esters is 2. The van der Waals surface area contributed by atoms with Crippen LogP contribution in [-0.2, 0) is 9.53 Å². The smallest absolute Gasteiger partial charge is 0.363 e. The van der Waals surface area contributed by atoms with Crippen molar-refractivity contribution in [3.05, 3.63) is 99.2 Å². The fourth-order valence-corrected chi connectivity index (χ4v) is 3.26. The van der Waals surface area contributed by atoms with E-state index in [9.17, 15) is 9.59 Å². The van der Waals surface area contributed by atoms with E-state index < -0.39 is 11.9 Å². The van der Waals surface area contributed by atoms with Gasteiger partial charge in [-0.05, 0) is 60.2 Å². The van der Waals surface area contributed by atoms with Crippen molar-refractivity contribution in [2.24, 2.45) is 4.99 Å². The van der Waals surface area contributed by atoms with Crippen molar-refractivity contribution in [3.8, 4) is 11.5 Å². The molecule has 0 N–H and O–H groups in total. The second-order valence-corrected chi connectivity index (χ2v) is 7.47. The van der Waals surface area contributed by atoms with Crippen molar-refractivity contribution in [2.45, 2.75) is 0 Å². The van der Waals surface area contributed by atoms with E-state index in [4.69, 9.17) is 37.4 Å². The van der Waals surface area contributed by atoms with E-state index >= 15 is 0 Å².